The first kappa shape index (κ1) is 15.7. The highest BCUT2D eigenvalue weighted by atomic mass is 16.3. The fraction of sp³-hybridized carbons (Fsp3) is 0.333. The molecule has 130 valence electrons. The summed E-state index contributed by atoms with van der Waals surface area (Å²) < 4.78 is 7.05. The molecule has 0 radical (unpaired) electrons. The minimum Gasteiger partial charge on any atom is -0.468 e. The number of nitrogens with two attached hydrogens (primary N) is 1. The maximum absolute atomic E-state index is 12.8. The minimum absolute atomic E-state index is 0.0912. The van der Waals surface area contributed by atoms with E-state index in [9.17, 15) is 9.59 Å². The number of H-pyrrole nitrogens is 1. The van der Waals surface area contributed by atoms with Gasteiger partial charge in [0.15, 0.2) is 0 Å². The molecule has 2 aromatic heterocycles. The standard InChI is InChI=1S/C18H20N4O3/c19-17(23)14-4-1-5-15-16(14)18(24)22(20-15)12-6-8-21(9-7-12)11-13-3-2-10-25-13/h1-5,10,12,20H,6-9,11H2,(H2,19,23). The zero-order chi connectivity index (χ0) is 17.4. The molecule has 1 aliphatic rings. The van der Waals surface area contributed by atoms with Crippen molar-refractivity contribution in [3.8, 4) is 0 Å². The number of carbonyl (C=O) groups is 1. The lowest BCUT2D eigenvalue weighted by molar-refractivity contribution is 0.100. The first-order chi connectivity index (χ1) is 12.1. The van der Waals surface area contributed by atoms with Crippen LogP contribution in [0.15, 0.2) is 45.8 Å². The number of benzene rings is 1. The number of primary amides is 1. The molecule has 1 fully saturated rings. The molecule has 3 N–H and O–H groups in total. The first-order valence-corrected chi connectivity index (χ1v) is 8.41. The first-order valence-electron chi connectivity index (χ1n) is 8.41. The van der Waals surface area contributed by atoms with E-state index in [0.717, 1.165) is 38.2 Å². The Morgan fingerprint density at radius 2 is 2.04 bits per heavy atom. The van der Waals surface area contributed by atoms with Gasteiger partial charge in [-0.2, -0.15) is 0 Å². The second-order valence-corrected chi connectivity index (χ2v) is 6.47. The second kappa shape index (κ2) is 6.25. The SMILES string of the molecule is NC(=O)c1cccc2[nH]n(C3CCN(Cc4ccco4)CC3)c(=O)c12. The summed E-state index contributed by atoms with van der Waals surface area (Å²) in [5.74, 6) is 0.370. The topological polar surface area (TPSA) is 97.3 Å². The summed E-state index contributed by atoms with van der Waals surface area (Å²) >= 11 is 0. The van der Waals surface area contributed by atoms with Gasteiger partial charge in [0.2, 0.25) is 5.91 Å². The van der Waals surface area contributed by atoms with E-state index in [4.69, 9.17) is 10.2 Å². The van der Waals surface area contributed by atoms with Gasteiger partial charge in [-0.25, -0.2) is 4.68 Å². The number of fused-ring (bicyclic) bond motifs is 1. The van der Waals surface area contributed by atoms with Gasteiger partial charge in [0.05, 0.1) is 35.3 Å². The van der Waals surface area contributed by atoms with Gasteiger partial charge in [-0.3, -0.25) is 19.6 Å². The molecule has 1 amide bonds. The lowest BCUT2D eigenvalue weighted by Crippen LogP contribution is -2.36. The van der Waals surface area contributed by atoms with Crippen molar-refractivity contribution < 1.29 is 9.21 Å². The molecule has 0 saturated carbocycles. The van der Waals surface area contributed by atoms with Crippen molar-refractivity contribution in [3.05, 3.63) is 58.3 Å². The van der Waals surface area contributed by atoms with Crippen LogP contribution in [-0.4, -0.2) is 33.7 Å². The largest absolute Gasteiger partial charge is 0.468 e. The Morgan fingerprint density at radius 3 is 2.72 bits per heavy atom. The number of aromatic amines is 1. The zero-order valence-corrected chi connectivity index (χ0v) is 13.8. The number of rotatable bonds is 4. The minimum atomic E-state index is -0.581. The molecule has 0 aliphatic carbocycles. The number of hydrogen-bond donors (Lipinski definition) is 2. The predicted molar refractivity (Wildman–Crippen MR) is 93.3 cm³/mol. The smallest absolute Gasteiger partial charge is 0.275 e. The fourth-order valence-corrected chi connectivity index (χ4v) is 3.60. The summed E-state index contributed by atoms with van der Waals surface area (Å²) in [4.78, 5) is 26.7. The van der Waals surface area contributed by atoms with Crippen LogP contribution in [0.5, 0.6) is 0 Å². The Hall–Kier alpha value is -2.80. The van der Waals surface area contributed by atoms with Crippen molar-refractivity contribution in [2.75, 3.05) is 13.1 Å². The van der Waals surface area contributed by atoms with E-state index >= 15 is 0 Å². The third-order valence-electron chi connectivity index (χ3n) is 4.89. The molecule has 1 aromatic carbocycles. The Balaban J connectivity index is 1.55. The summed E-state index contributed by atoms with van der Waals surface area (Å²) in [6.45, 7) is 2.55. The molecule has 1 saturated heterocycles. The van der Waals surface area contributed by atoms with Crippen molar-refractivity contribution in [2.24, 2.45) is 5.73 Å². The highest BCUT2D eigenvalue weighted by molar-refractivity contribution is 6.05. The van der Waals surface area contributed by atoms with Crippen LogP contribution in [-0.2, 0) is 6.54 Å². The van der Waals surface area contributed by atoms with Gasteiger partial charge in [-0.05, 0) is 37.1 Å². The van der Waals surface area contributed by atoms with E-state index in [-0.39, 0.29) is 17.2 Å². The van der Waals surface area contributed by atoms with Crippen LogP contribution >= 0.6 is 0 Å². The van der Waals surface area contributed by atoms with Crippen LogP contribution in [0.1, 0.15) is 35.0 Å². The van der Waals surface area contributed by atoms with E-state index in [2.05, 4.69) is 10.00 Å². The molecule has 7 heteroatoms. The molecule has 3 heterocycles. The summed E-state index contributed by atoms with van der Waals surface area (Å²) in [5, 5.41) is 3.53. The molecular formula is C18H20N4O3. The average molecular weight is 340 g/mol. The van der Waals surface area contributed by atoms with E-state index < -0.39 is 5.91 Å². The van der Waals surface area contributed by atoms with E-state index in [1.807, 2.05) is 12.1 Å². The fourth-order valence-electron chi connectivity index (χ4n) is 3.60. The van der Waals surface area contributed by atoms with Crippen LogP contribution in [0.4, 0.5) is 0 Å². The van der Waals surface area contributed by atoms with Crippen molar-refractivity contribution in [3.63, 3.8) is 0 Å². The third kappa shape index (κ3) is 2.87. The van der Waals surface area contributed by atoms with Gasteiger partial charge in [0, 0.05) is 13.1 Å². The van der Waals surface area contributed by atoms with Crippen LogP contribution in [0.3, 0.4) is 0 Å². The van der Waals surface area contributed by atoms with Gasteiger partial charge in [-0.15, -0.1) is 0 Å². The molecular weight excluding hydrogens is 320 g/mol. The molecule has 0 atom stereocenters. The zero-order valence-electron chi connectivity index (χ0n) is 13.8. The summed E-state index contributed by atoms with van der Waals surface area (Å²) in [5.41, 5.74) is 6.15. The number of piperidine rings is 1. The van der Waals surface area contributed by atoms with E-state index in [0.29, 0.717) is 10.9 Å². The lowest BCUT2D eigenvalue weighted by atomic mass is 10.0. The van der Waals surface area contributed by atoms with Gasteiger partial charge >= 0.3 is 0 Å². The number of likely N-dealkylation sites (tertiary alicyclic amines) is 1. The summed E-state index contributed by atoms with van der Waals surface area (Å²) in [6, 6.07) is 9.08. The van der Waals surface area contributed by atoms with Crippen LogP contribution in [0.25, 0.3) is 10.9 Å². The van der Waals surface area contributed by atoms with Gasteiger partial charge in [0.25, 0.3) is 5.56 Å². The molecule has 7 nitrogen and oxygen atoms in total. The molecule has 1 aliphatic heterocycles. The normalized spacial score (nSPS) is 16.5. The monoisotopic (exact) mass is 340 g/mol. The lowest BCUT2D eigenvalue weighted by Gasteiger charge is -2.31. The van der Waals surface area contributed by atoms with Crippen LogP contribution < -0.4 is 11.3 Å². The number of hydrogen-bond acceptors (Lipinski definition) is 4. The number of nitrogens with one attached hydrogen (secondary N) is 1. The number of amides is 1. The van der Waals surface area contributed by atoms with Gasteiger partial charge in [0.1, 0.15) is 5.76 Å². The molecule has 0 unspecified atom stereocenters. The van der Waals surface area contributed by atoms with E-state index in [1.54, 1.807) is 29.1 Å². The third-order valence-corrected chi connectivity index (χ3v) is 4.89. The molecule has 0 spiro atoms. The average Bonchev–Trinajstić information content (AvgIpc) is 3.24. The van der Waals surface area contributed by atoms with Crippen molar-refractivity contribution in [1.82, 2.24) is 14.7 Å². The number of aromatic nitrogens is 2. The second-order valence-electron chi connectivity index (χ2n) is 6.47. The van der Waals surface area contributed by atoms with Crippen molar-refractivity contribution >= 4 is 16.8 Å². The van der Waals surface area contributed by atoms with Crippen molar-refractivity contribution in [1.29, 1.82) is 0 Å². The predicted octanol–water partition coefficient (Wildman–Crippen LogP) is 1.86. The van der Waals surface area contributed by atoms with Crippen LogP contribution in [0.2, 0.25) is 0 Å². The number of carbonyl (C=O) groups excluding carboxylic acids is 1. The van der Waals surface area contributed by atoms with Crippen LogP contribution in [0, 0.1) is 0 Å². The highest BCUT2D eigenvalue weighted by Gasteiger charge is 2.24. The Bertz CT molecular complexity index is 947. The Morgan fingerprint density at radius 1 is 1.24 bits per heavy atom. The molecule has 25 heavy (non-hydrogen) atoms. The van der Waals surface area contributed by atoms with Gasteiger partial charge in [-0.1, -0.05) is 6.07 Å². The molecule has 0 bridgehead atoms. The maximum atomic E-state index is 12.8. The Kier molecular flexibility index (Phi) is 3.93. The Labute approximate surface area is 144 Å². The molecule has 4 rings (SSSR count). The number of furan rings is 1. The quantitative estimate of drug-likeness (QED) is 0.757. The maximum Gasteiger partial charge on any atom is 0.275 e. The molecule has 3 aromatic rings. The van der Waals surface area contributed by atoms with Crippen molar-refractivity contribution in [2.45, 2.75) is 25.4 Å². The summed E-state index contributed by atoms with van der Waals surface area (Å²) in [6.07, 6.45) is 3.40. The summed E-state index contributed by atoms with van der Waals surface area (Å²) in [7, 11) is 0. The highest BCUT2D eigenvalue weighted by Crippen LogP contribution is 2.24. The van der Waals surface area contributed by atoms with E-state index in [1.165, 1.54) is 0 Å². The number of nitrogens with zero attached hydrogens (tertiary/aromatic N) is 2. The van der Waals surface area contributed by atoms with Gasteiger partial charge < -0.3 is 10.2 Å².